The maximum atomic E-state index is 6.79. The van der Waals surface area contributed by atoms with Crippen LogP contribution >= 0.6 is 0 Å². The topological polar surface area (TPSA) is 22.9 Å². The van der Waals surface area contributed by atoms with E-state index in [1.165, 1.54) is 122 Å². The van der Waals surface area contributed by atoms with E-state index in [0.717, 1.165) is 52.6 Å². The van der Waals surface area contributed by atoms with Gasteiger partial charge in [0.25, 0.3) is 6.71 Å². The molecule has 0 N–H and O–H groups in total. The molecule has 3 aliphatic heterocycles. The van der Waals surface area contributed by atoms with Gasteiger partial charge in [0.2, 0.25) is 0 Å². The van der Waals surface area contributed by atoms with Gasteiger partial charge in [-0.1, -0.05) is 160 Å². The molecule has 0 radical (unpaired) electrons. The number of hydrogen-bond donors (Lipinski definition) is 0. The number of nitrogens with zero attached hydrogens (tertiary/aromatic N) is 3. The predicted octanol–water partition coefficient (Wildman–Crippen LogP) is 17.8. The van der Waals surface area contributed by atoms with Gasteiger partial charge >= 0.3 is 0 Å². The highest BCUT2D eigenvalue weighted by Crippen LogP contribution is 2.62. The van der Waals surface area contributed by atoms with Crippen LogP contribution in [0.25, 0.3) is 33.1 Å². The van der Waals surface area contributed by atoms with Gasteiger partial charge in [0.05, 0.1) is 5.54 Å². The first-order chi connectivity index (χ1) is 36.9. The minimum absolute atomic E-state index is 0.0102. The van der Waals surface area contributed by atoms with Crippen LogP contribution in [0.5, 0.6) is 0 Å². The van der Waals surface area contributed by atoms with Gasteiger partial charge in [-0.25, -0.2) is 0 Å². The molecule has 1 aromatic heterocycles. The van der Waals surface area contributed by atoms with Crippen molar-refractivity contribution in [3.63, 3.8) is 0 Å². The van der Waals surface area contributed by atoms with Gasteiger partial charge in [0.15, 0.2) is 0 Å². The molecule has 1 fully saturated rings. The molecule has 77 heavy (non-hydrogen) atoms. The van der Waals surface area contributed by atoms with Crippen molar-refractivity contribution in [1.29, 1.82) is 0 Å². The monoisotopic (exact) mass is 1010 g/mol. The number of anilines is 8. The van der Waals surface area contributed by atoms with E-state index >= 15 is 0 Å². The zero-order valence-corrected chi connectivity index (χ0v) is 47.0. The molecule has 0 bridgehead atoms. The van der Waals surface area contributed by atoms with E-state index in [2.05, 4.69) is 242 Å². The smallest absolute Gasteiger partial charge is 0.252 e. The first-order valence-electron chi connectivity index (χ1n) is 29.0. The fourth-order valence-corrected chi connectivity index (χ4v) is 16.2. The lowest BCUT2D eigenvalue weighted by molar-refractivity contribution is 0.195. The van der Waals surface area contributed by atoms with Gasteiger partial charge in [0.1, 0.15) is 11.2 Å². The summed E-state index contributed by atoms with van der Waals surface area (Å²) in [6.45, 7) is 24.8. The standard InChI is InChI=1S/C72H72BN3O/c1-67(2)35-37-69(5,6)56-41-47(26-30-53(56)67)74(48-27-31-54-57(42-48)70(7,8)38-36-68(54,3)4)49-28-32-58-60(43-49)75(50-25-29-52-51-21-14-15-24-63(51)77-64(52)44-50)61-39-46(45-19-12-11-13-20-45)40-62-65(61)73(58)59-23-18-22-55-66(59)76(62)72(10)34-17-16-33-71(55,72)9/h11-15,18-32,39-44H,16-17,33-38H2,1-10H3. The molecule has 2 unspecified atom stereocenters. The summed E-state index contributed by atoms with van der Waals surface area (Å²) in [5.74, 6) is 0. The van der Waals surface area contributed by atoms with Gasteiger partial charge in [-0.3, -0.25) is 0 Å². The maximum absolute atomic E-state index is 6.79. The van der Waals surface area contributed by atoms with Crippen LogP contribution in [0, 0.1) is 0 Å². The minimum atomic E-state index is -0.0856. The zero-order chi connectivity index (χ0) is 52.8. The Balaban J connectivity index is 1.03. The molecule has 1 saturated carbocycles. The first kappa shape index (κ1) is 47.3. The number of rotatable bonds is 5. The molecular weight excluding hydrogens is 934 g/mol. The summed E-state index contributed by atoms with van der Waals surface area (Å²) >= 11 is 0. The quantitative estimate of drug-likeness (QED) is 0.160. The highest BCUT2D eigenvalue weighted by atomic mass is 16.3. The second-order valence-corrected chi connectivity index (χ2v) is 27.3. The number of para-hydroxylation sites is 2. The maximum Gasteiger partial charge on any atom is 0.252 e. The second kappa shape index (κ2) is 15.8. The van der Waals surface area contributed by atoms with Crippen molar-refractivity contribution < 1.29 is 4.42 Å². The fraction of sp³-hybridized carbons (Fsp3) is 0.333. The third-order valence-corrected chi connectivity index (χ3v) is 21.1. The van der Waals surface area contributed by atoms with E-state index in [1.54, 1.807) is 0 Å². The molecule has 15 rings (SSSR count). The van der Waals surface area contributed by atoms with Crippen molar-refractivity contribution >= 4 is 90.5 Å². The van der Waals surface area contributed by atoms with Crippen LogP contribution in [0.1, 0.15) is 148 Å². The van der Waals surface area contributed by atoms with Crippen LogP contribution in [0.15, 0.2) is 162 Å². The minimum Gasteiger partial charge on any atom is -0.456 e. The van der Waals surface area contributed by atoms with Crippen LogP contribution < -0.4 is 31.1 Å². The Morgan fingerprint density at radius 1 is 0.429 bits per heavy atom. The van der Waals surface area contributed by atoms with Crippen molar-refractivity contribution in [2.75, 3.05) is 14.7 Å². The number of fused-ring (bicyclic) bond motifs is 12. The molecule has 4 heterocycles. The first-order valence-corrected chi connectivity index (χ1v) is 29.0. The summed E-state index contributed by atoms with van der Waals surface area (Å²) in [4.78, 5) is 8.08. The van der Waals surface area contributed by atoms with Gasteiger partial charge < -0.3 is 19.1 Å². The van der Waals surface area contributed by atoms with E-state index in [-0.39, 0.29) is 39.3 Å². The van der Waals surface area contributed by atoms with Gasteiger partial charge in [-0.15, -0.1) is 0 Å². The Hall–Kier alpha value is -6.98. The SMILES string of the molecule is CC1(C)CCC(C)(C)c2cc(N(c3ccc4c(c3)N(c3ccc5c(c3)oc3ccccc35)c3cc(-c5ccccc5)cc5c3B4c3cccc4c3N5C3(C)CCCCC43C)c3ccc4c(c3)C(C)(C)CCC4(C)C)ccc21. The normalized spacial score (nSPS) is 22.4. The molecule has 384 valence electrons. The highest BCUT2D eigenvalue weighted by Gasteiger charge is 2.61. The lowest BCUT2D eigenvalue weighted by atomic mass is 9.33. The Morgan fingerprint density at radius 3 is 1.73 bits per heavy atom. The second-order valence-electron chi connectivity index (χ2n) is 27.3. The Labute approximate surface area is 457 Å². The number of benzene rings is 8. The molecule has 0 spiro atoms. The summed E-state index contributed by atoms with van der Waals surface area (Å²) in [6.07, 6.45) is 9.53. The van der Waals surface area contributed by atoms with Gasteiger partial charge in [-0.2, -0.15) is 0 Å². The van der Waals surface area contributed by atoms with E-state index in [9.17, 15) is 0 Å². The molecule has 0 amide bonds. The molecule has 0 saturated heterocycles. The number of hydrogen-bond acceptors (Lipinski definition) is 4. The summed E-state index contributed by atoms with van der Waals surface area (Å²) in [6, 6.07) is 61.5. The van der Waals surface area contributed by atoms with E-state index in [1.807, 2.05) is 0 Å². The average Bonchev–Trinajstić information content (AvgIpc) is 3.66. The van der Waals surface area contributed by atoms with Gasteiger partial charge in [0, 0.05) is 67.8 Å². The van der Waals surface area contributed by atoms with Crippen LogP contribution in [0.3, 0.4) is 0 Å². The van der Waals surface area contributed by atoms with Gasteiger partial charge in [-0.05, 0) is 189 Å². The van der Waals surface area contributed by atoms with Crippen LogP contribution in [0.4, 0.5) is 45.5 Å². The lowest BCUT2D eigenvalue weighted by Gasteiger charge is -2.53. The van der Waals surface area contributed by atoms with Crippen molar-refractivity contribution in [3.8, 4) is 11.1 Å². The Kier molecular flexibility index (Phi) is 9.72. The number of furan rings is 1. The van der Waals surface area contributed by atoms with Crippen LogP contribution in [-0.2, 0) is 27.1 Å². The molecule has 4 nitrogen and oxygen atoms in total. The third kappa shape index (κ3) is 6.52. The van der Waals surface area contributed by atoms with Crippen molar-refractivity contribution in [2.45, 2.75) is 153 Å². The third-order valence-electron chi connectivity index (χ3n) is 21.1. The summed E-state index contributed by atoms with van der Waals surface area (Å²) < 4.78 is 6.79. The largest absolute Gasteiger partial charge is 0.456 e. The van der Waals surface area contributed by atoms with Crippen molar-refractivity contribution in [2.24, 2.45) is 0 Å². The molecule has 6 aliphatic rings. The summed E-state index contributed by atoms with van der Waals surface area (Å²) in [5.41, 5.74) is 26.0. The molecule has 3 aliphatic carbocycles. The molecular formula is C72H72BN3O. The summed E-state index contributed by atoms with van der Waals surface area (Å²) in [7, 11) is 0. The Morgan fingerprint density at radius 2 is 1.03 bits per heavy atom. The molecule has 9 aromatic rings. The molecule has 5 heteroatoms. The van der Waals surface area contributed by atoms with Crippen LogP contribution in [0.2, 0.25) is 0 Å². The predicted molar refractivity (Wildman–Crippen MR) is 327 cm³/mol. The van der Waals surface area contributed by atoms with E-state index in [4.69, 9.17) is 4.42 Å². The fourth-order valence-electron chi connectivity index (χ4n) is 16.2. The van der Waals surface area contributed by atoms with E-state index in [0.29, 0.717) is 0 Å². The van der Waals surface area contributed by atoms with E-state index < -0.39 is 0 Å². The van der Waals surface area contributed by atoms with Crippen molar-refractivity contribution in [1.82, 2.24) is 0 Å². The highest BCUT2D eigenvalue weighted by molar-refractivity contribution is 7.00. The molecule has 8 aromatic carbocycles. The Bertz CT molecular complexity index is 3890. The van der Waals surface area contributed by atoms with Crippen molar-refractivity contribution in [3.05, 3.63) is 186 Å². The zero-order valence-electron chi connectivity index (χ0n) is 47.0. The molecule has 2 atom stereocenters. The summed E-state index contributed by atoms with van der Waals surface area (Å²) in [5, 5.41) is 2.28. The van der Waals surface area contributed by atoms with Crippen LogP contribution in [-0.4, -0.2) is 12.3 Å². The average molecular weight is 1010 g/mol. The lowest BCUT2D eigenvalue weighted by Crippen LogP contribution is -2.64.